The SMILES string of the molecule is CC(NC(C)c1cccc(O)c1)c1ccc(I)cc1. The predicted octanol–water partition coefficient (Wildman–Crippen LogP) is 4.41. The molecule has 2 aromatic carbocycles. The van der Waals surface area contributed by atoms with Gasteiger partial charge in [0.05, 0.1) is 0 Å². The molecule has 0 saturated carbocycles. The number of hydrogen-bond donors (Lipinski definition) is 2. The monoisotopic (exact) mass is 367 g/mol. The molecule has 0 aromatic heterocycles. The summed E-state index contributed by atoms with van der Waals surface area (Å²) in [5.41, 5.74) is 2.37. The van der Waals surface area contributed by atoms with E-state index in [1.54, 1.807) is 12.1 Å². The van der Waals surface area contributed by atoms with Gasteiger partial charge < -0.3 is 10.4 Å². The standard InChI is InChI=1S/C16H18INO/c1-11(13-6-8-15(17)9-7-13)18-12(2)14-4-3-5-16(19)10-14/h3-12,18-19H,1-2H3. The molecule has 3 heteroatoms. The number of rotatable bonds is 4. The van der Waals surface area contributed by atoms with Crippen LogP contribution in [0.4, 0.5) is 0 Å². The Kier molecular flexibility index (Phi) is 4.82. The van der Waals surface area contributed by atoms with Crippen molar-refractivity contribution in [2.45, 2.75) is 25.9 Å². The minimum Gasteiger partial charge on any atom is -0.508 e. The van der Waals surface area contributed by atoms with Crippen LogP contribution in [0, 0.1) is 3.57 Å². The molecule has 2 N–H and O–H groups in total. The van der Waals surface area contributed by atoms with Crippen LogP contribution in [0.25, 0.3) is 0 Å². The Morgan fingerprint density at radius 3 is 2.21 bits per heavy atom. The van der Waals surface area contributed by atoms with Crippen molar-refractivity contribution in [3.05, 3.63) is 63.2 Å². The summed E-state index contributed by atoms with van der Waals surface area (Å²) in [6, 6.07) is 16.4. The third-order valence-corrected chi connectivity index (χ3v) is 3.96. The molecule has 0 radical (unpaired) electrons. The zero-order chi connectivity index (χ0) is 13.8. The van der Waals surface area contributed by atoms with E-state index in [9.17, 15) is 5.11 Å². The zero-order valence-corrected chi connectivity index (χ0v) is 13.3. The van der Waals surface area contributed by atoms with Crippen LogP contribution >= 0.6 is 22.6 Å². The smallest absolute Gasteiger partial charge is 0.115 e. The molecule has 2 rings (SSSR count). The first-order chi connectivity index (χ1) is 9.06. The second-order valence-corrected chi connectivity index (χ2v) is 6.00. The van der Waals surface area contributed by atoms with Gasteiger partial charge in [-0.25, -0.2) is 0 Å². The molecule has 2 atom stereocenters. The minimum atomic E-state index is 0.196. The molecule has 0 aliphatic rings. The maximum absolute atomic E-state index is 9.52. The number of nitrogens with one attached hydrogen (secondary N) is 1. The summed E-state index contributed by atoms with van der Waals surface area (Å²) in [7, 11) is 0. The lowest BCUT2D eigenvalue weighted by atomic mass is 10.0. The molecule has 0 bridgehead atoms. The molecule has 2 unspecified atom stereocenters. The van der Waals surface area contributed by atoms with Crippen LogP contribution in [0.15, 0.2) is 48.5 Å². The molecule has 100 valence electrons. The predicted molar refractivity (Wildman–Crippen MR) is 87.2 cm³/mol. The van der Waals surface area contributed by atoms with E-state index < -0.39 is 0 Å². The lowest BCUT2D eigenvalue weighted by Crippen LogP contribution is -2.22. The van der Waals surface area contributed by atoms with Crippen LogP contribution in [0.1, 0.15) is 37.1 Å². The molecule has 0 aliphatic carbocycles. The molecule has 0 spiro atoms. The number of benzene rings is 2. The van der Waals surface area contributed by atoms with Gasteiger partial charge in [0.1, 0.15) is 5.75 Å². The third kappa shape index (κ3) is 3.94. The molecule has 0 aliphatic heterocycles. The molecule has 19 heavy (non-hydrogen) atoms. The molecule has 0 saturated heterocycles. The van der Waals surface area contributed by atoms with Gasteiger partial charge >= 0.3 is 0 Å². The van der Waals surface area contributed by atoms with Gasteiger partial charge in [0.15, 0.2) is 0 Å². The Hall–Kier alpha value is -1.07. The topological polar surface area (TPSA) is 32.3 Å². The average molecular weight is 367 g/mol. The Morgan fingerprint density at radius 2 is 1.58 bits per heavy atom. The van der Waals surface area contributed by atoms with E-state index in [4.69, 9.17) is 0 Å². The number of halogens is 1. The van der Waals surface area contributed by atoms with E-state index in [-0.39, 0.29) is 12.1 Å². The van der Waals surface area contributed by atoms with Crippen LogP contribution in [0.3, 0.4) is 0 Å². The van der Waals surface area contributed by atoms with Gasteiger partial charge in [-0.2, -0.15) is 0 Å². The number of phenolic OH excluding ortho intramolecular Hbond substituents is 1. The summed E-state index contributed by atoms with van der Waals surface area (Å²) in [4.78, 5) is 0. The fourth-order valence-corrected chi connectivity index (χ4v) is 2.47. The maximum Gasteiger partial charge on any atom is 0.115 e. The van der Waals surface area contributed by atoms with Crippen LogP contribution in [0.5, 0.6) is 5.75 Å². The van der Waals surface area contributed by atoms with Crippen LogP contribution < -0.4 is 5.32 Å². The summed E-state index contributed by atoms with van der Waals surface area (Å²) in [6.45, 7) is 4.26. The average Bonchev–Trinajstić information content (AvgIpc) is 2.39. The molecular formula is C16H18INO. The third-order valence-electron chi connectivity index (χ3n) is 3.24. The molecule has 0 heterocycles. The minimum absolute atomic E-state index is 0.196. The van der Waals surface area contributed by atoms with Crippen molar-refractivity contribution in [2.75, 3.05) is 0 Å². The van der Waals surface area contributed by atoms with Crippen molar-refractivity contribution in [1.82, 2.24) is 5.32 Å². The lowest BCUT2D eigenvalue weighted by Gasteiger charge is -2.21. The van der Waals surface area contributed by atoms with E-state index in [0.717, 1.165) is 5.56 Å². The number of hydrogen-bond acceptors (Lipinski definition) is 2. The normalized spacial score (nSPS) is 14.1. The molecule has 2 aromatic rings. The van der Waals surface area contributed by atoms with Gasteiger partial charge in [-0.05, 0) is 71.8 Å². The Labute approximate surface area is 128 Å². The van der Waals surface area contributed by atoms with Crippen LogP contribution in [-0.4, -0.2) is 5.11 Å². The fourth-order valence-electron chi connectivity index (χ4n) is 2.11. The van der Waals surface area contributed by atoms with Crippen molar-refractivity contribution >= 4 is 22.6 Å². The second kappa shape index (κ2) is 6.39. The van der Waals surface area contributed by atoms with Crippen molar-refractivity contribution in [1.29, 1.82) is 0 Å². The van der Waals surface area contributed by atoms with E-state index in [2.05, 4.69) is 66.0 Å². The Balaban J connectivity index is 2.06. The Morgan fingerprint density at radius 1 is 0.947 bits per heavy atom. The Bertz CT molecular complexity index is 539. The highest BCUT2D eigenvalue weighted by Crippen LogP contribution is 2.22. The van der Waals surface area contributed by atoms with E-state index in [1.165, 1.54) is 9.13 Å². The number of phenols is 1. The molecular weight excluding hydrogens is 349 g/mol. The van der Waals surface area contributed by atoms with Gasteiger partial charge in [-0.15, -0.1) is 0 Å². The largest absolute Gasteiger partial charge is 0.508 e. The summed E-state index contributed by atoms with van der Waals surface area (Å²) >= 11 is 2.31. The highest BCUT2D eigenvalue weighted by molar-refractivity contribution is 14.1. The van der Waals surface area contributed by atoms with Crippen molar-refractivity contribution in [3.8, 4) is 5.75 Å². The highest BCUT2D eigenvalue weighted by atomic mass is 127. The van der Waals surface area contributed by atoms with E-state index in [0.29, 0.717) is 5.75 Å². The van der Waals surface area contributed by atoms with E-state index in [1.807, 2.05) is 12.1 Å². The van der Waals surface area contributed by atoms with Crippen LogP contribution in [-0.2, 0) is 0 Å². The second-order valence-electron chi connectivity index (χ2n) is 4.76. The number of aromatic hydroxyl groups is 1. The van der Waals surface area contributed by atoms with Crippen molar-refractivity contribution < 1.29 is 5.11 Å². The molecule has 0 amide bonds. The molecule has 0 fully saturated rings. The fraction of sp³-hybridized carbons (Fsp3) is 0.250. The summed E-state index contributed by atoms with van der Waals surface area (Å²) < 4.78 is 1.24. The highest BCUT2D eigenvalue weighted by Gasteiger charge is 2.11. The van der Waals surface area contributed by atoms with Crippen molar-refractivity contribution in [2.24, 2.45) is 0 Å². The summed E-state index contributed by atoms with van der Waals surface area (Å²) in [5.74, 6) is 0.313. The van der Waals surface area contributed by atoms with Gasteiger partial charge in [0.25, 0.3) is 0 Å². The first-order valence-corrected chi connectivity index (χ1v) is 7.44. The first kappa shape index (κ1) is 14.3. The van der Waals surface area contributed by atoms with Gasteiger partial charge in [0, 0.05) is 15.7 Å². The first-order valence-electron chi connectivity index (χ1n) is 6.36. The van der Waals surface area contributed by atoms with Crippen LogP contribution in [0.2, 0.25) is 0 Å². The maximum atomic E-state index is 9.52. The molecule has 2 nitrogen and oxygen atoms in total. The van der Waals surface area contributed by atoms with Gasteiger partial charge in [-0.3, -0.25) is 0 Å². The van der Waals surface area contributed by atoms with Crippen molar-refractivity contribution in [3.63, 3.8) is 0 Å². The summed E-state index contributed by atoms with van der Waals surface area (Å²) in [6.07, 6.45) is 0. The van der Waals surface area contributed by atoms with E-state index >= 15 is 0 Å². The van der Waals surface area contributed by atoms with Gasteiger partial charge in [0.2, 0.25) is 0 Å². The zero-order valence-electron chi connectivity index (χ0n) is 11.1. The van der Waals surface area contributed by atoms with Gasteiger partial charge in [-0.1, -0.05) is 24.3 Å². The summed E-state index contributed by atoms with van der Waals surface area (Å²) in [5, 5.41) is 13.1. The lowest BCUT2D eigenvalue weighted by molar-refractivity contribution is 0.466. The quantitative estimate of drug-likeness (QED) is 0.785.